The first kappa shape index (κ1) is 36.6. The Kier molecular flexibility index (Phi) is 8.76. The van der Waals surface area contributed by atoms with Crippen LogP contribution >= 0.6 is 0 Å². The average molecular weight is 1160 g/mol. The van der Waals surface area contributed by atoms with E-state index in [1.54, 1.807) is 12.1 Å². The molecule has 0 N–H and O–H groups in total. The summed E-state index contributed by atoms with van der Waals surface area (Å²) in [5.74, 6) is 1.59. The molecule has 0 aliphatic rings. The van der Waals surface area contributed by atoms with Crippen LogP contribution in [0.1, 0.15) is 66.4 Å². The van der Waals surface area contributed by atoms with Crippen molar-refractivity contribution < 1.29 is 37.8 Å². The predicted octanol–water partition coefficient (Wildman–Crippen LogP) is 17.4. The number of fused-ring (bicyclic) bond motifs is 7. The summed E-state index contributed by atoms with van der Waals surface area (Å²) in [4.78, 5) is 4.88. The van der Waals surface area contributed by atoms with Crippen molar-refractivity contribution in [3.63, 3.8) is 0 Å². The second-order valence-electron chi connectivity index (χ2n) is 20.7. The summed E-state index contributed by atoms with van der Waals surface area (Å²) in [6.45, 7) is 12.9. The van der Waals surface area contributed by atoms with Crippen LogP contribution in [0.2, 0.25) is 0 Å². The second-order valence-corrected chi connectivity index (χ2v) is 21.7. The van der Waals surface area contributed by atoms with E-state index in [4.69, 9.17) is 17.9 Å². The van der Waals surface area contributed by atoms with Gasteiger partial charge in [0, 0.05) is 6.20 Å². The van der Waals surface area contributed by atoms with E-state index < -0.39 is 65.8 Å². The number of nitrogens with zero attached hydrogens (tertiary/aromatic N) is 5. The van der Waals surface area contributed by atoms with Gasteiger partial charge in [-0.05, 0) is 17.0 Å². The summed E-state index contributed by atoms with van der Waals surface area (Å²) in [6.07, 6.45) is 1.84. The van der Waals surface area contributed by atoms with Gasteiger partial charge in [0.1, 0.15) is 0 Å². The van der Waals surface area contributed by atoms with Crippen LogP contribution in [0, 0.1) is 15.9 Å². The molecule has 0 bridgehead atoms. The number of hydrogen-bond donors (Lipinski definition) is 0. The zero-order valence-electron chi connectivity index (χ0n) is 51.9. The van der Waals surface area contributed by atoms with E-state index in [1.807, 2.05) is 135 Å². The average Bonchev–Trinajstić information content (AvgIpc) is 1.77. The molecule has 0 aliphatic heterocycles. The molecule has 0 atom stereocenters. The molecule has 4 heterocycles. The zero-order valence-corrected chi connectivity index (χ0v) is 44.2. The molecule has 0 unspecified atom stereocenters. The summed E-state index contributed by atoms with van der Waals surface area (Å²) < 4.78 is 108. The Balaban J connectivity index is 1.10. The fourth-order valence-corrected chi connectivity index (χ4v) is 11.4. The van der Waals surface area contributed by atoms with Crippen LogP contribution < -0.4 is 4.74 Å². The van der Waals surface area contributed by atoms with Crippen LogP contribution in [0.25, 0.3) is 99.8 Å². The van der Waals surface area contributed by atoms with E-state index in [-0.39, 0.29) is 33.4 Å². The normalized spacial score (nSPS) is 14.1. The fraction of sp³-hybridized carbons (Fsp3) is 0.118. The van der Waals surface area contributed by atoms with E-state index in [1.165, 1.54) is 0 Å². The molecule has 0 fully saturated rings. The van der Waals surface area contributed by atoms with Gasteiger partial charge in [0.25, 0.3) is 0 Å². The van der Waals surface area contributed by atoms with Gasteiger partial charge in [-0.1, -0.05) is 32.9 Å². The van der Waals surface area contributed by atoms with Gasteiger partial charge in [-0.15, -0.1) is 0 Å². The maximum absolute atomic E-state index is 9.63. The molecule has 13 aromatic rings. The maximum atomic E-state index is 9.63. The van der Waals surface area contributed by atoms with Gasteiger partial charge in [-0.2, -0.15) is 0 Å². The van der Waals surface area contributed by atoms with Crippen molar-refractivity contribution in [3.8, 4) is 56.6 Å². The Morgan fingerprint density at radius 2 is 1.00 bits per heavy atom. The minimum absolute atomic E-state index is 0.124. The summed E-state index contributed by atoms with van der Waals surface area (Å²) in [5.41, 5.74) is 7.24. The first-order chi connectivity index (χ1) is 40.5. The number of hydrogen-bond acceptors (Lipinski definition) is 2. The van der Waals surface area contributed by atoms with Gasteiger partial charge >= 0.3 is 408 Å². The first-order valence-electron chi connectivity index (χ1n) is 29.7. The number of imidazole rings is 1. The Hall–Kier alpha value is -8.31. The van der Waals surface area contributed by atoms with Crippen molar-refractivity contribution in [2.75, 3.05) is 0 Å². The first-order valence-corrected chi connectivity index (χ1v) is 25.8. The molecular weight excluding hydrogens is 1100 g/mol. The molecule has 368 valence electrons. The molecule has 6 nitrogen and oxygen atoms in total. The predicted molar refractivity (Wildman–Crippen MR) is 305 cm³/mol. The Morgan fingerprint density at radius 1 is 0.480 bits per heavy atom. The van der Waals surface area contributed by atoms with E-state index in [9.17, 15) is 5.48 Å². The third-order valence-corrected chi connectivity index (χ3v) is 15.0. The van der Waals surface area contributed by atoms with Crippen molar-refractivity contribution in [3.05, 3.63) is 239 Å². The third-order valence-electron chi connectivity index (χ3n) is 14.0. The van der Waals surface area contributed by atoms with Crippen LogP contribution in [0.4, 0.5) is 0 Å². The number of aromatic nitrogens is 5. The van der Waals surface area contributed by atoms with Crippen molar-refractivity contribution in [2.45, 2.75) is 52.4 Å². The van der Waals surface area contributed by atoms with Gasteiger partial charge in [-0.3, -0.25) is 0 Å². The number of ether oxygens (including phenoxy) is 1. The quantitative estimate of drug-likeness (QED) is 0.142. The SMILES string of the molecule is [2H]c1c([2H])c([2H])c(-c2cc(-n3c4ccccc4c4ccccc43)cc(-c3c([2H])c([2H])c([2H])c([2H])c3[2H])c2-n2[c](=[Pt])n(-c3[c-]c(Oc4[c-]c5c(cc4)c4ccccc4n5-c4cc(C(C)(C)C)ccn4)cc(C(C)(C)C)c3)c3ccccc32)c([2H])c1[2H]. The van der Waals surface area contributed by atoms with E-state index in [0.29, 0.717) is 37.7 Å². The van der Waals surface area contributed by atoms with Gasteiger partial charge in [-0.25, -0.2) is 0 Å². The third kappa shape index (κ3) is 7.98. The standard InChI is InChI=1S/C68H53N5O.Pt/c1-67(2,3)47-35-36-69-65(39-47)73-61-30-18-15-27-55(61)56-34-33-51(43-64(56)73)74-52-38-48(68(4,5)6)37-49(40-52)70-44-71(63-32-20-19-31-62(63)70)66-57(45-21-9-7-10-22-45)41-50(42-58(66)46-23-11-8-12-24-46)72-59-28-16-13-25-53(59)54-26-14-17-29-60(54)72;/h7-39,41-42H,1-6H3;/q-2;/i7D,8D,9D,10D,11D,12D,21D,22D,23D,24D;. The van der Waals surface area contributed by atoms with Crippen molar-refractivity contribution in [2.24, 2.45) is 0 Å². The number of benzene rings is 9. The van der Waals surface area contributed by atoms with Crippen LogP contribution in [0.5, 0.6) is 11.5 Å². The molecule has 4 aromatic heterocycles. The summed E-state index contributed by atoms with van der Waals surface area (Å²) >= 11 is 2.21. The van der Waals surface area contributed by atoms with Crippen molar-refractivity contribution in [1.29, 1.82) is 0 Å². The van der Waals surface area contributed by atoms with Gasteiger partial charge in [0.15, 0.2) is 0 Å². The van der Waals surface area contributed by atoms with Crippen LogP contribution in [0.15, 0.2) is 212 Å². The summed E-state index contributed by atoms with van der Waals surface area (Å²) in [6, 6.07) is 49.0. The van der Waals surface area contributed by atoms with Gasteiger partial charge in [0.05, 0.1) is 0 Å². The molecule has 0 radical (unpaired) electrons. The van der Waals surface area contributed by atoms with Gasteiger partial charge < -0.3 is 0 Å². The Morgan fingerprint density at radius 3 is 1.57 bits per heavy atom. The molecule has 0 aliphatic carbocycles. The monoisotopic (exact) mass is 1160 g/mol. The molecule has 0 amide bonds. The second kappa shape index (κ2) is 18.0. The molecule has 0 saturated heterocycles. The van der Waals surface area contributed by atoms with E-state index in [2.05, 4.69) is 95.8 Å². The minimum atomic E-state index is -0.584. The zero-order chi connectivity index (χ0) is 59.9. The Bertz CT molecular complexity index is 4860. The molecule has 0 saturated carbocycles. The molecule has 9 aromatic carbocycles. The Labute approximate surface area is 461 Å². The van der Waals surface area contributed by atoms with Gasteiger partial charge in [0.2, 0.25) is 0 Å². The van der Waals surface area contributed by atoms with Crippen molar-refractivity contribution >= 4 is 54.6 Å². The van der Waals surface area contributed by atoms with Crippen LogP contribution in [-0.4, -0.2) is 23.3 Å². The molecule has 75 heavy (non-hydrogen) atoms. The van der Waals surface area contributed by atoms with E-state index in [0.717, 1.165) is 60.6 Å². The number of rotatable bonds is 8. The fourth-order valence-electron chi connectivity index (χ4n) is 10.3. The van der Waals surface area contributed by atoms with Crippen LogP contribution in [0.3, 0.4) is 0 Å². The summed E-state index contributed by atoms with van der Waals surface area (Å²) in [7, 11) is 0. The van der Waals surface area contributed by atoms with E-state index >= 15 is 0 Å². The molecule has 7 heteroatoms. The number of pyridine rings is 1. The molecule has 13 rings (SSSR count). The van der Waals surface area contributed by atoms with Crippen LogP contribution in [-0.2, 0) is 30.2 Å². The molecular formula is C68H53N5OPt-2. The topological polar surface area (TPSA) is 41.8 Å². The number of para-hydroxylation sites is 5. The summed E-state index contributed by atoms with van der Waals surface area (Å²) in [5, 5.41) is 3.85. The van der Waals surface area contributed by atoms with Crippen molar-refractivity contribution in [1.82, 2.24) is 23.3 Å². The molecule has 0 spiro atoms.